The molecular formula is C15H24N2. The topological polar surface area (TPSA) is 15.3 Å². The first-order chi connectivity index (χ1) is 8.20. The van der Waals surface area contributed by atoms with E-state index >= 15 is 0 Å². The van der Waals surface area contributed by atoms with E-state index in [0.29, 0.717) is 0 Å². The van der Waals surface area contributed by atoms with Gasteiger partial charge in [0.1, 0.15) is 0 Å². The van der Waals surface area contributed by atoms with Crippen molar-refractivity contribution in [2.24, 2.45) is 0 Å². The molecule has 1 aromatic carbocycles. The molecule has 2 rings (SSSR count). The third-order valence-electron chi connectivity index (χ3n) is 3.74. The van der Waals surface area contributed by atoms with Crippen LogP contribution in [0, 0.1) is 13.8 Å². The molecule has 1 fully saturated rings. The monoisotopic (exact) mass is 232 g/mol. The van der Waals surface area contributed by atoms with Crippen LogP contribution in [0.4, 0.5) is 0 Å². The van der Waals surface area contributed by atoms with Crippen molar-refractivity contribution in [1.82, 2.24) is 10.2 Å². The van der Waals surface area contributed by atoms with Gasteiger partial charge in [0.25, 0.3) is 0 Å². The third kappa shape index (κ3) is 3.08. The van der Waals surface area contributed by atoms with E-state index in [4.69, 9.17) is 0 Å². The van der Waals surface area contributed by atoms with Crippen molar-refractivity contribution in [2.75, 3.05) is 19.6 Å². The minimum atomic E-state index is 0.747. The van der Waals surface area contributed by atoms with Crippen molar-refractivity contribution < 1.29 is 0 Å². The number of hydrogen-bond acceptors (Lipinski definition) is 2. The van der Waals surface area contributed by atoms with Crippen LogP contribution in [-0.2, 0) is 6.54 Å². The quantitative estimate of drug-likeness (QED) is 0.839. The molecule has 1 aliphatic heterocycles. The summed E-state index contributed by atoms with van der Waals surface area (Å²) in [4.78, 5) is 2.61. The van der Waals surface area contributed by atoms with Crippen molar-refractivity contribution in [1.29, 1.82) is 0 Å². The molecule has 0 aromatic heterocycles. The van der Waals surface area contributed by atoms with Crippen LogP contribution in [0.1, 0.15) is 30.0 Å². The molecule has 1 aliphatic rings. The highest BCUT2D eigenvalue weighted by molar-refractivity contribution is 5.29. The summed E-state index contributed by atoms with van der Waals surface area (Å²) in [5, 5.41) is 3.36. The van der Waals surface area contributed by atoms with Crippen LogP contribution >= 0.6 is 0 Å². The van der Waals surface area contributed by atoms with E-state index in [1.54, 1.807) is 0 Å². The lowest BCUT2D eigenvalue weighted by molar-refractivity contribution is 0.138. The number of nitrogens with one attached hydrogen (secondary N) is 1. The molecule has 1 aromatic rings. The maximum Gasteiger partial charge on any atom is 0.0348 e. The Labute approximate surface area is 105 Å². The lowest BCUT2D eigenvalue weighted by Crippen LogP contribution is -2.56. The molecule has 1 N–H and O–H groups in total. The summed E-state index contributed by atoms with van der Waals surface area (Å²) in [7, 11) is 0. The summed E-state index contributed by atoms with van der Waals surface area (Å²) >= 11 is 0. The molecule has 94 valence electrons. The minimum Gasteiger partial charge on any atom is -0.314 e. The van der Waals surface area contributed by atoms with E-state index in [1.807, 2.05) is 0 Å². The second-order valence-corrected chi connectivity index (χ2v) is 5.20. The van der Waals surface area contributed by atoms with E-state index in [1.165, 1.54) is 29.7 Å². The SMILES string of the molecule is CCCN(Cc1ccc(C)c(C)c1)C1CNC1. The van der Waals surface area contributed by atoms with E-state index < -0.39 is 0 Å². The van der Waals surface area contributed by atoms with Gasteiger partial charge in [0.2, 0.25) is 0 Å². The van der Waals surface area contributed by atoms with Crippen molar-refractivity contribution in [3.05, 3.63) is 34.9 Å². The van der Waals surface area contributed by atoms with Crippen LogP contribution in [0.2, 0.25) is 0 Å². The minimum absolute atomic E-state index is 0.747. The Kier molecular flexibility index (Phi) is 4.19. The average Bonchev–Trinajstić information content (AvgIpc) is 2.21. The highest BCUT2D eigenvalue weighted by atomic mass is 15.2. The van der Waals surface area contributed by atoms with Gasteiger partial charge in [-0.15, -0.1) is 0 Å². The molecule has 0 spiro atoms. The first-order valence-electron chi connectivity index (χ1n) is 6.71. The zero-order chi connectivity index (χ0) is 12.3. The molecule has 0 aliphatic carbocycles. The Bertz CT molecular complexity index is 369. The molecule has 2 nitrogen and oxygen atoms in total. The number of rotatable bonds is 5. The number of hydrogen-bond donors (Lipinski definition) is 1. The fourth-order valence-corrected chi connectivity index (χ4v) is 2.35. The maximum absolute atomic E-state index is 3.36. The second-order valence-electron chi connectivity index (χ2n) is 5.20. The highest BCUT2D eigenvalue weighted by Gasteiger charge is 2.23. The molecule has 0 unspecified atom stereocenters. The van der Waals surface area contributed by atoms with Gasteiger partial charge < -0.3 is 5.32 Å². The number of aryl methyl sites for hydroxylation is 2. The normalized spacial score (nSPS) is 16.2. The molecule has 1 saturated heterocycles. The Morgan fingerprint density at radius 1 is 1.24 bits per heavy atom. The summed E-state index contributed by atoms with van der Waals surface area (Å²) in [5.41, 5.74) is 4.25. The van der Waals surface area contributed by atoms with Gasteiger partial charge in [0.05, 0.1) is 0 Å². The summed E-state index contributed by atoms with van der Waals surface area (Å²) in [6.07, 6.45) is 1.24. The highest BCUT2D eigenvalue weighted by Crippen LogP contribution is 2.15. The first kappa shape index (κ1) is 12.6. The van der Waals surface area contributed by atoms with Crippen LogP contribution in [0.5, 0.6) is 0 Å². The molecule has 0 atom stereocenters. The molecule has 0 bridgehead atoms. The number of benzene rings is 1. The predicted octanol–water partition coefficient (Wildman–Crippen LogP) is 2.49. The molecule has 17 heavy (non-hydrogen) atoms. The zero-order valence-electron chi connectivity index (χ0n) is 11.3. The smallest absolute Gasteiger partial charge is 0.0348 e. The molecule has 0 amide bonds. The lowest BCUT2D eigenvalue weighted by atomic mass is 10.0. The van der Waals surface area contributed by atoms with Crippen LogP contribution in [0.25, 0.3) is 0 Å². The van der Waals surface area contributed by atoms with Gasteiger partial charge >= 0.3 is 0 Å². The molecule has 1 heterocycles. The van der Waals surface area contributed by atoms with Crippen molar-refractivity contribution in [3.63, 3.8) is 0 Å². The van der Waals surface area contributed by atoms with Gasteiger partial charge in [0.15, 0.2) is 0 Å². The first-order valence-corrected chi connectivity index (χ1v) is 6.71. The average molecular weight is 232 g/mol. The third-order valence-corrected chi connectivity index (χ3v) is 3.74. The lowest BCUT2D eigenvalue weighted by Gasteiger charge is -2.38. The summed E-state index contributed by atoms with van der Waals surface area (Å²) in [5.74, 6) is 0. The summed E-state index contributed by atoms with van der Waals surface area (Å²) < 4.78 is 0. The van der Waals surface area contributed by atoms with Gasteiger partial charge in [-0.25, -0.2) is 0 Å². The molecule has 0 saturated carbocycles. The predicted molar refractivity (Wildman–Crippen MR) is 73.3 cm³/mol. The van der Waals surface area contributed by atoms with Gasteiger partial charge in [-0.1, -0.05) is 25.1 Å². The van der Waals surface area contributed by atoms with Crippen LogP contribution in [0.15, 0.2) is 18.2 Å². The molecular weight excluding hydrogens is 208 g/mol. The fourth-order valence-electron chi connectivity index (χ4n) is 2.35. The van der Waals surface area contributed by atoms with Gasteiger partial charge in [-0.3, -0.25) is 4.90 Å². The van der Waals surface area contributed by atoms with Crippen LogP contribution in [-0.4, -0.2) is 30.6 Å². The van der Waals surface area contributed by atoms with E-state index in [0.717, 1.165) is 25.7 Å². The Morgan fingerprint density at radius 2 is 2.00 bits per heavy atom. The van der Waals surface area contributed by atoms with Crippen molar-refractivity contribution in [3.8, 4) is 0 Å². The summed E-state index contributed by atoms with van der Waals surface area (Å²) in [6.45, 7) is 11.3. The second kappa shape index (κ2) is 5.65. The largest absolute Gasteiger partial charge is 0.314 e. The van der Waals surface area contributed by atoms with Gasteiger partial charge in [-0.05, 0) is 43.5 Å². The zero-order valence-corrected chi connectivity index (χ0v) is 11.3. The number of nitrogens with zero attached hydrogens (tertiary/aromatic N) is 1. The molecule has 0 radical (unpaired) electrons. The van der Waals surface area contributed by atoms with Crippen LogP contribution < -0.4 is 5.32 Å². The van der Waals surface area contributed by atoms with E-state index in [9.17, 15) is 0 Å². The fraction of sp³-hybridized carbons (Fsp3) is 0.600. The van der Waals surface area contributed by atoms with Crippen LogP contribution in [0.3, 0.4) is 0 Å². The Morgan fingerprint density at radius 3 is 2.53 bits per heavy atom. The standard InChI is InChI=1S/C15H24N2/c1-4-7-17(15-9-16-10-15)11-14-6-5-12(2)13(3)8-14/h5-6,8,15-16H,4,7,9-11H2,1-3H3. The Balaban J connectivity index is 2.02. The summed E-state index contributed by atoms with van der Waals surface area (Å²) in [6, 6.07) is 7.60. The van der Waals surface area contributed by atoms with Gasteiger partial charge in [0, 0.05) is 25.7 Å². The van der Waals surface area contributed by atoms with E-state index in [2.05, 4.69) is 49.2 Å². The van der Waals surface area contributed by atoms with Gasteiger partial charge in [-0.2, -0.15) is 0 Å². The van der Waals surface area contributed by atoms with Crippen molar-refractivity contribution >= 4 is 0 Å². The van der Waals surface area contributed by atoms with Crippen molar-refractivity contribution in [2.45, 2.75) is 39.8 Å². The van der Waals surface area contributed by atoms with E-state index in [-0.39, 0.29) is 0 Å². The maximum atomic E-state index is 3.36. The Hall–Kier alpha value is -0.860. The molecule has 2 heteroatoms.